The van der Waals surface area contributed by atoms with Gasteiger partial charge in [-0.05, 0) is 12.1 Å². The molecule has 0 aromatic heterocycles. The van der Waals surface area contributed by atoms with E-state index < -0.39 is 0 Å². The van der Waals surface area contributed by atoms with Gasteiger partial charge in [-0.2, -0.15) is 0 Å². The third-order valence-corrected chi connectivity index (χ3v) is 1.78. The number of hydrogen-bond donors (Lipinski definition) is 1. The van der Waals surface area contributed by atoms with Gasteiger partial charge < -0.3 is 9.84 Å². The van der Waals surface area contributed by atoms with Gasteiger partial charge in [0.2, 0.25) is 5.90 Å². The quantitative estimate of drug-likeness (QED) is 0.728. The molecule has 68 valence electrons. The number of hydrogen-bond acceptors (Lipinski definition) is 4. The van der Waals surface area contributed by atoms with Gasteiger partial charge in [-0.25, -0.2) is 5.01 Å². The Morgan fingerprint density at radius 3 is 2.77 bits per heavy atom. The smallest absolute Gasteiger partial charge is 0.234 e. The van der Waals surface area contributed by atoms with E-state index in [9.17, 15) is 0 Å². The second-order valence-corrected chi connectivity index (χ2v) is 2.66. The van der Waals surface area contributed by atoms with Crippen LogP contribution >= 0.6 is 0 Å². The van der Waals surface area contributed by atoms with Gasteiger partial charge in [0.15, 0.2) is 6.73 Å². The average Bonchev–Trinajstić information content (AvgIpc) is 2.67. The molecule has 4 nitrogen and oxygen atoms in total. The van der Waals surface area contributed by atoms with E-state index in [1.54, 1.807) is 5.01 Å². The van der Waals surface area contributed by atoms with Crippen molar-refractivity contribution in [2.24, 2.45) is 5.10 Å². The molecule has 0 spiro atoms. The summed E-state index contributed by atoms with van der Waals surface area (Å²) in [5, 5.41) is 14.5. The zero-order chi connectivity index (χ0) is 9.10. The normalized spacial score (nSPS) is 15.5. The Morgan fingerprint density at radius 1 is 1.38 bits per heavy atom. The SMILES string of the molecule is OCC1=NN(c2ccccc2)CO1. The van der Waals surface area contributed by atoms with Crippen molar-refractivity contribution in [2.75, 3.05) is 18.3 Å². The molecule has 0 bridgehead atoms. The fraction of sp³-hybridized carbons (Fsp3) is 0.222. The van der Waals surface area contributed by atoms with E-state index in [-0.39, 0.29) is 6.61 Å². The fourth-order valence-corrected chi connectivity index (χ4v) is 1.14. The van der Waals surface area contributed by atoms with E-state index in [1.807, 2.05) is 30.3 Å². The van der Waals surface area contributed by atoms with E-state index in [0.717, 1.165) is 5.69 Å². The van der Waals surface area contributed by atoms with Crippen molar-refractivity contribution in [3.63, 3.8) is 0 Å². The molecule has 0 amide bonds. The summed E-state index contributed by atoms with van der Waals surface area (Å²) in [4.78, 5) is 0. The molecule has 1 aliphatic rings. The van der Waals surface area contributed by atoms with Crippen LogP contribution in [-0.2, 0) is 4.74 Å². The van der Waals surface area contributed by atoms with Crippen LogP contribution in [0.3, 0.4) is 0 Å². The number of hydrazone groups is 1. The highest BCUT2D eigenvalue weighted by Crippen LogP contribution is 2.16. The lowest BCUT2D eigenvalue weighted by atomic mass is 10.3. The number of para-hydroxylation sites is 1. The summed E-state index contributed by atoms with van der Waals surface area (Å²) in [5.41, 5.74) is 0.964. The first-order valence-corrected chi connectivity index (χ1v) is 4.04. The molecule has 0 aliphatic carbocycles. The molecule has 13 heavy (non-hydrogen) atoms. The summed E-state index contributed by atoms with van der Waals surface area (Å²) in [6, 6.07) is 9.68. The molecule has 0 fully saturated rings. The topological polar surface area (TPSA) is 45.1 Å². The Labute approximate surface area is 76.1 Å². The molecule has 1 N–H and O–H groups in total. The maximum Gasteiger partial charge on any atom is 0.234 e. The minimum atomic E-state index is -0.149. The number of rotatable bonds is 2. The summed E-state index contributed by atoms with van der Waals surface area (Å²) in [6.45, 7) is 0.225. The molecule has 1 aromatic carbocycles. The zero-order valence-corrected chi connectivity index (χ0v) is 7.05. The van der Waals surface area contributed by atoms with Crippen molar-refractivity contribution in [3.05, 3.63) is 30.3 Å². The second-order valence-electron chi connectivity index (χ2n) is 2.66. The molecule has 0 radical (unpaired) electrons. The Balaban J connectivity index is 2.16. The van der Waals surface area contributed by atoms with E-state index in [1.165, 1.54) is 0 Å². The van der Waals surface area contributed by atoms with Crippen LogP contribution in [0.2, 0.25) is 0 Å². The highest BCUT2D eigenvalue weighted by atomic mass is 16.5. The average molecular weight is 178 g/mol. The molecular formula is C9H10N2O2. The molecule has 0 saturated heterocycles. The van der Waals surface area contributed by atoms with Crippen LogP contribution in [0, 0.1) is 0 Å². The van der Waals surface area contributed by atoms with Gasteiger partial charge in [-0.15, -0.1) is 5.10 Å². The predicted octanol–water partition coefficient (Wildman–Crippen LogP) is 0.786. The summed E-state index contributed by atoms with van der Waals surface area (Å²) < 4.78 is 5.10. The van der Waals surface area contributed by atoms with Crippen LogP contribution in [0.15, 0.2) is 35.4 Å². The van der Waals surface area contributed by atoms with Gasteiger partial charge in [0.25, 0.3) is 0 Å². The maximum absolute atomic E-state index is 8.75. The minimum Gasteiger partial charge on any atom is -0.455 e. The second kappa shape index (κ2) is 3.45. The zero-order valence-electron chi connectivity index (χ0n) is 7.05. The minimum absolute atomic E-state index is 0.149. The van der Waals surface area contributed by atoms with Crippen molar-refractivity contribution < 1.29 is 9.84 Å². The van der Waals surface area contributed by atoms with Gasteiger partial charge in [-0.1, -0.05) is 18.2 Å². The Morgan fingerprint density at radius 2 is 2.15 bits per heavy atom. The van der Waals surface area contributed by atoms with Gasteiger partial charge >= 0.3 is 0 Å². The number of ether oxygens (including phenoxy) is 1. The molecule has 4 heteroatoms. The summed E-state index contributed by atoms with van der Waals surface area (Å²) in [7, 11) is 0. The van der Waals surface area contributed by atoms with E-state index >= 15 is 0 Å². The highest BCUT2D eigenvalue weighted by Gasteiger charge is 2.15. The van der Waals surface area contributed by atoms with Crippen LogP contribution in [0.1, 0.15) is 0 Å². The van der Waals surface area contributed by atoms with E-state index in [2.05, 4.69) is 5.10 Å². The van der Waals surface area contributed by atoms with Crippen molar-refractivity contribution in [3.8, 4) is 0 Å². The first kappa shape index (κ1) is 8.07. The number of aliphatic hydroxyl groups is 1. The van der Waals surface area contributed by atoms with Gasteiger partial charge in [0, 0.05) is 0 Å². The molecule has 1 heterocycles. The third-order valence-electron chi connectivity index (χ3n) is 1.78. The van der Waals surface area contributed by atoms with Gasteiger partial charge in [0.05, 0.1) is 5.69 Å². The molecule has 0 unspecified atom stereocenters. The highest BCUT2D eigenvalue weighted by molar-refractivity contribution is 5.80. The van der Waals surface area contributed by atoms with Crippen molar-refractivity contribution in [2.45, 2.75) is 0 Å². The van der Waals surface area contributed by atoms with Gasteiger partial charge in [-0.3, -0.25) is 0 Å². The summed E-state index contributed by atoms with van der Waals surface area (Å²) >= 11 is 0. The summed E-state index contributed by atoms with van der Waals surface area (Å²) in [6.07, 6.45) is 0. The lowest BCUT2D eigenvalue weighted by molar-refractivity contribution is 0.278. The van der Waals surface area contributed by atoms with E-state index in [0.29, 0.717) is 12.6 Å². The number of benzene rings is 1. The first-order valence-electron chi connectivity index (χ1n) is 4.04. The third kappa shape index (κ3) is 1.62. The standard InChI is InChI=1S/C9H10N2O2/c12-6-9-10-11(7-13-9)8-4-2-1-3-5-8/h1-5,12H,6-7H2. The van der Waals surface area contributed by atoms with E-state index in [4.69, 9.17) is 9.84 Å². The maximum atomic E-state index is 8.75. The summed E-state index contributed by atoms with van der Waals surface area (Å²) in [5.74, 6) is 0.365. The van der Waals surface area contributed by atoms with Gasteiger partial charge in [0.1, 0.15) is 6.61 Å². The van der Waals surface area contributed by atoms with Crippen LogP contribution in [0.25, 0.3) is 0 Å². The largest absolute Gasteiger partial charge is 0.455 e. The van der Waals surface area contributed by atoms with Crippen LogP contribution in [0.5, 0.6) is 0 Å². The first-order chi connectivity index (χ1) is 6.40. The molecule has 1 aliphatic heterocycles. The Hall–Kier alpha value is -1.55. The predicted molar refractivity (Wildman–Crippen MR) is 49.4 cm³/mol. The van der Waals surface area contributed by atoms with Crippen LogP contribution < -0.4 is 5.01 Å². The lowest BCUT2D eigenvalue weighted by Gasteiger charge is -2.09. The molecule has 1 aromatic rings. The van der Waals surface area contributed by atoms with Crippen LogP contribution in [-0.4, -0.2) is 24.3 Å². The molecule has 0 saturated carbocycles. The number of nitrogens with zero attached hydrogens (tertiary/aromatic N) is 2. The lowest BCUT2D eigenvalue weighted by Crippen LogP contribution is -2.12. The Kier molecular flexibility index (Phi) is 2.14. The monoisotopic (exact) mass is 178 g/mol. The molecule has 2 rings (SSSR count). The Bertz CT molecular complexity index is 311. The number of anilines is 1. The number of aliphatic hydroxyl groups excluding tert-OH is 1. The van der Waals surface area contributed by atoms with Crippen molar-refractivity contribution in [1.82, 2.24) is 0 Å². The fourth-order valence-electron chi connectivity index (χ4n) is 1.14. The van der Waals surface area contributed by atoms with Crippen molar-refractivity contribution >= 4 is 11.6 Å². The molecular weight excluding hydrogens is 168 g/mol. The molecule has 0 atom stereocenters. The van der Waals surface area contributed by atoms with Crippen LogP contribution in [0.4, 0.5) is 5.69 Å². The van der Waals surface area contributed by atoms with Crippen molar-refractivity contribution in [1.29, 1.82) is 0 Å².